The maximum absolute atomic E-state index is 11.6. The van der Waals surface area contributed by atoms with Crippen LogP contribution in [0.25, 0.3) is 0 Å². The number of hydrogen-bond donors (Lipinski definition) is 3. The number of nitrogens with two attached hydrogens (primary N) is 1. The van der Waals surface area contributed by atoms with Crippen LogP contribution in [0, 0.1) is 0 Å². The van der Waals surface area contributed by atoms with Crippen LogP contribution in [0.15, 0.2) is 36.7 Å². The molecule has 76 valence electrons. The maximum Gasteiger partial charge on any atom is 0.275 e. The van der Waals surface area contributed by atoms with Crippen molar-refractivity contribution in [1.29, 1.82) is 0 Å². The Balaban J connectivity index is 2.15. The first kappa shape index (κ1) is 9.26. The first-order chi connectivity index (χ1) is 7.27. The largest absolute Gasteiger partial charge is 0.382 e. The van der Waals surface area contributed by atoms with E-state index in [1.54, 1.807) is 12.1 Å². The van der Waals surface area contributed by atoms with Crippen LogP contribution >= 0.6 is 0 Å². The van der Waals surface area contributed by atoms with Gasteiger partial charge in [-0.1, -0.05) is 18.2 Å². The van der Waals surface area contributed by atoms with Crippen LogP contribution in [0.4, 0.5) is 11.5 Å². The van der Waals surface area contributed by atoms with Gasteiger partial charge in [0.1, 0.15) is 5.69 Å². The van der Waals surface area contributed by atoms with Crippen molar-refractivity contribution in [2.75, 3.05) is 11.1 Å². The van der Waals surface area contributed by atoms with E-state index >= 15 is 0 Å². The first-order valence-corrected chi connectivity index (χ1v) is 4.42. The molecule has 1 aromatic carbocycles. The molecule has 0 aliphatic rings. The Morgan fingerprint density at radius 3 is 2.67 bits per heavy atom. The quantitative estimate of drug-likeness (QED) is 0.685. The lowest BCUT2D eigenvalue weighted by Gasteiger charge is -2.02. The van der Waals surface area contributed by atoms with E-state index in [0.29, 0.717) is 0 Å². The standard InChI is InChI=1S/C10H10N4O/c11-9-8(12-6-13-9)10(15)14-7-4-2-1-3-5-7/h1-6H,11H2,(H,12,13)(H,14,15). The highest BCUT2D eigenvalue weighted by molar-refractivity contribution is 6.05. The lowest BCUT2D eigenvalue weighted by Crippen LogP contribution is -2.14. The average Bonchev–Trinajstić information content (AvgIpc) is 2.66. The molecule has 0 saturated heterocycles. The fourth-order valence-electron chi connectivity index (χ4n) is 1.20. The van der Waals surface area contributed by atoms with Crippen LogP contribution in [0.1, 0.15) is 10.5 Å². The van der Waals surface area contributed by atoms with Gasteiger partial charge in [0.05, 0.1) is 6.33 Å². The number of nitrogens with zero attached hydrogens (tertiary/aromatic N) is 1. The highest BCUT2D eigenvalue weighted by Gasteiger charge is 2.11. The molecule has 1 heterocycles. The zero-order chi connectivity index (χ0) is 10.7. The lowest BCUT2D eigenvalue weighted by molar-refractivity contribution is 0.102. The summed E-state index contributed by atoms with van der Waals surface area (Å²) in [6.07, 6.45) is 1.38. The molecule has 0 saturated carbocycles. The SMILES string of the molecule is Nc1nc[nH]c1C(=O)Nc1ccccc1. The monoisotopic (exact) mass is 202 g/mol. The molecule has 4 N–H and O–H groups in total. The molecule has 0 unspecified atom stereocenters. The molecule has 0 bridgehead atoms. The molecule has 0 aliphatic carbocycles. The average molecular weight is 202 g/mol. The topological polar surface area (TPSA) is 83.8 Å². The van der Waals surface area contributed by atoms with Crippen molar-refractivity contribution < 1.29 is 4.79 Å². The highest BCUT2D eigenvalue weighted by atomic mass is 16.1. The Morgan fingerprint density at radius 1 is 1.33 bits per heavy atom. The number of carbonyl (C=O) groups excluding carboxylic acids is 1. The molecule has 0 atom stereocenters. The fraction of sp³-hybridized carbons (Fsp3) is 0. The van der Waals surface area contributed by atoms with Crippen LogP contribution in [0.3, 0.4) is 0 Å². The summed E-state index contributed by atoms with van der Waals surface area (Å²) in [6, 6.07) is 9.15. The second-order valence-corrected chi connectivity index (χ2v) is 2.98. The van der Waals surface area contributed by atoms with Crippen molar-refractivity contribution in [2.24, 2.45) is 0 Å². The second-order valence-electron chi connectivity index (χ2n) is 2.98. The molecule has 0 fully saturated rings. The normalized spacial score (nSPS) is 9.87. The number of nitrogens with one attached hydrogen (secondary N) is 2. The number of carbonyl (C=O) groups is 1. The third-order valence-corrected chi connectivity index (χ3v) is 1.93. The van der Waals surface area contributed by atoms with Crippen LogP contribution in [0.5, 0.6) is 0 Å². The molecule has 2 rings (SSSR count). The van der Waals surface area contributed by atoms with E-state index in [-0.39, 0.29) is 17.4 Å². The fourth-order valence-corrected chi connectivity index (χ4v) is 1.20. The van der Waals surface area contributed by atoms with Gasteiger partial charge in [0, 0.05) is 5.69 Å². The Morgan fingerprint density at radius 2 is 2.07 bits per heavy atom. The maximum atomic E-state index is 11.6. The number of benzene rings is 1. The van der Waals surface area contributed by atoms with Gasteiger partial charge < -0.3 is 16.0 Å². The molecule has 0 aliphatic heterocycles. The third kappa shape index (κ3) is 1.96. The predicted octanol–water partition coefficient (Wildman–Crippen LogP) is 1.24. The van der Waals surface area contributed by atoms with E-state index in [1.165, 1.54) is 6.33 Å². The number of aromatic nitrogens is 2. The van der Waals surface area contributed by atoms with Gasteiger partial charge in [-0.25, -0.2) is 4.98 Å². The Labute approximate surface area is 86.3 Å². The van der Waals surface area contributed by atoms with Gasteiger partial charge in [-0.2, -0.15) is 0 Å². The number of amides is 1. The Kier molecular flexibility index (Phi) is 2.37. The first-order valence-electron chi connectivity index (χ1n) is 4.42. The van der Waals surface area contributed by atoms with Gasteiger partial charge >= 0.3 is 0 Å². The van der Waals surface area contributed by atoms with Crippen LogP contribution < -0.4 is 11.1 Å². The lowest BCUT2D eigenvalue weighted by atomic mass is 10.3. The number of aromatic amines is 1. The van der Waals surface area contributed by atoms with Crippen LogP contribution in [-0.2, 0) is 0 Å². The van der Waals surface area contributed by atoms with Gasteiger partial charge in [-0.3, -0.25) is 4.79 Å². The summed E-state index contributed by atoms with van der Waals surface area (Å²) in [6.45, 7) is 0. The second kappa shape index (κ2) is 3.83. The van der Waals surface area contributed by atoms with E-state index in [0.717, 1.165) is 5.69 Å². The van der Waals surface area contributed by atoms with Gasteiger partial charge in [0.2, 0.25) is 0 Å². The molecule has 2 aromatic rings. The molecule has 5 nitrogen and oxygen atoms in total. The molecular weight excluding hydrogens is 192 g/mol. The summed E-state index contributed by atoms with van der Waals surface area (Å²) in [4.78, 5) is 18.1. The Bertz CT molecular complexity index is 463. The summed E-state index contributed by atoms with van der Waals surface area (Å²) < 4.78 is 0. The number of anilines is 2. The van der Waals surface area contributed by atoms with Crippen LogP contribution in [0.2, 0.25) is 0 Å². The Hall–Kier alpha value is -2.30. The minimum Gasteiger partial charge on any atom is -0.382 e. The molecule has 1 aromatic heterocycles. The third-order valence-electron chi connectivity index (χ3n) is 1.93. The zero-order valence-corrected chi connectivity index (χ0v) is 7.90. The summed E-state index contributed by atoms with van der Waals surface area (Å²) >= 11 is 0. The number of hydrogen-bond acceptors (Lipinski definition) is 3. The summed E-state index contributed by atoms with van der Waals surface area (Å²) in [5.74, 6) is -0.0976. The van der Waals surface area contributed by atoms with E-state index < -0.39 is 0 Å². The zero-order valence-electron chi connectivity index (χ0n) is 7.90. The predicted molar refractivity (Wildman–Crippen MR) is 57.4 cm³/mol. The van der Waals surface area contributed by atoms with Gasteiger partial charge in [-0.05, 0) is 12.1 Å². The van der Waals surface area contributed by atoms with E-state index in [9.17, 15) is 4.79 Å². The minimum absolute atomic E-state index is 0.198. The number of imidazole rings is 1. The highest BCUT2D eigenvalue weighted by Crippen LogP contribution is 2.10. The van der Waals surface area contributed by atoms with Crippen molar-refractivity contribution >= 4 is 17.4 Å². The number of nitrogen functional groups attached to an aromatic ring is 1. The van der Waals surface area contributed by atoms with Gasteiger partial charge in [0.25, 0.3) is 5.91 Å². The summed E-state index contributed by atoms with van der Waals surface area (Å²) in [5, 5.41) is 2.69. The number of H-pyrrole nitrogens is 1. The van der Waals surface area contributed by atoms with Crippen molar-refractivity contribution in [3.05, 3.63) is 42.4 Å². The van der Waals surface area contributed by atoms with E-state index in [1.807, 2.05) is 18.2 Å². The molecule has 0 radical (unpaired) electrons. The molecule has 1 amide bonds. The molecule has 0 spiro atoms. The summed E-state index contributed by atoms with van der Waals surface area (Å²) in [5.41, 5.74) is 6.49. The van der Waals surface area contributed by atoms with Crippen molar-refractivity contribution in [3.8, 4) is 0 Å². The van der Waals surface area contributed by atoms with E-state index in [2.05, 4.69) is 15.3 Å². The van der Waals surface area contributed by atoms with Gasteiger partial charge in [0.15, 0.2) is 5.82 Å². The van der Waals surface area contributed by atoms with Crippen molar-refractivity contribution in [1.82, 2.24) is 9.97 Å². The number of rotatable bonds is 2. The van der Waals surface area contributed by atoms with Crippen LogP contribution in [-0.4, -0.2) is 15.9 Å². The molecule has 5 heteroatoms. The van der Waals surface area contributed by atoms with E-state index in [4.69, 9.17) is 5.73 Å². The number of para-hydroxylation sites is 1. The van der Waals surface area contributed by atoms with Gasteiger partial charge in [-0.15, -0.1) is 0 Å². The molecule has 15 heavy (non-hydrogen) atoms. The minimum atomic E-state index is -0.295. The van der Waals surface area contributed by atoms with Crippen molar-refractivity contribution in [3.63, 3.8) is 0 Å². The van der Waals surface area contributed by atoms with Crippen molar-refractivity contribution in [2.45, 2.75) is 0 Å². The summed E-state index contributed by atoms with van der Waals surface area (Å²) in [7, 11) is 0. The smallest absolute Gasteiger partial charge is 0.275 e. The molecular formula is C10H10N4O.